The number of aromatic nitrogens is 2. The van der Waals surface area contributed by atoms with Crippen molar-refractivity contribution in [3.05, 3.63) is 54.6 Å². The molecule has 0 atom stereocenters. The van der Waals surface area contributed by atoms with Crippen molar-refractivity contribution in [2.75, 3.05) is 18.2 Å². The number of para-hydroxylation sites is 1. The molecule has 0 aliphatic heterocycles. The minimum Gasteiger partial charge on any atom is -0.493 e. The Morgan fingerprint density at radius 1 is 1.11 bits per heavy atom. The number of hydrogen-bond acceptors (Lipinski definition) is 7. The summed E-state index contributed by atoms with van der Waals surface area (Å²) in [6.45, 7) is 0. The van der Waals surface area contributed by atoms with E-state index in [0.29, 0.717) is 29.3 Å². The summed E-state index contributed by atoms with van der Waals surface area (Å²) >= 11 is 1.61. The molecule has 1 N–H and O–H groups in total. The lowest BCUT2D eigenvalue weighted by Crippen LogP contribution is -2.12. The molecule has 7 nitrogen and oxygen atoms in total. The number of thioether (sulfide) groups is 1. The Morgan fingerprint density at radius 2 is 1.96 bits per heavy atom. The molecule has 2 heterocycles. The molecule has 4 rings (SSSR count). The highest BCUT2D eigenvalue weighted by atomic mass is 32.2. The molecule has 2 aromatic heterocycles. The van der Waals surface area contributed by atoms with Gasteiger partial charge in [0.25, 0.3) is 5.89 Å². The average Bonchev–Trinajstić information content (AvgIpc) is 3.35. The summed E-state index contributed by atoms with van der Waals surface area (Å²) in [5, 5.41) is 11.3. The monoisotopic (exact) mass is 395 g/mol. The standard InChI is InChI=1S/C20H17N3O4S/c1-25-15-9-5-6-13-12-16(26-18(13)15)19-22-23-20(27-19)21-17(24)10-11-28-14-7-3-2-4-8-14/h2-9,12H,10-11H2,1H3,(H,21,23,24). The molecular formula is C20H17N3O4S. The molecule has 28 heavy (non-hydrogen) atoms. The van der Waals surface area contributed by atoms with Crippen molar-refractivity contribution < 1.29 is 18.4 Å². The molecule has 0 bridgehead atoms. The number of fused-ring (bicyclic) bond motifs is 1. The van der Waals surface area contributed by atoms with Crippen LogP contribution >= 0.6 is 11.8 Å². The van der Waals surface area contributed by atoms with Gasteiger partial charge in [-0.25, -0.2) is 0 Å². The Bertz CT molecular complexity index is 1090. The quantitative estimate of drug-likeness (QED) is 0.457. The molecule has 0 aliphatic carbocycles. The summed E-state index contributed by atoms with van der Waals surface area (Å²) in [7, 11) is 1.58. The summed E-state index contributed by atoms with van der Waals surface area (Å²) in [5.41, 5.74) is 0.599. The molecule has 0 fully saturated rings. The van der Waals surface area contributed by atoms with E-state index in [1.165, 1.54) is 0 Å². The van der Waals surface area contributed by atoms with Crippen LogP contribution in [0.3, 0.4) is 0 Å². The normalized spacial score (nSPS) is 10.9. The Morgan fingerprint density at radius 3 is 2.79 bits per heavy atom. The van der Waals surface area contributed by atoms with Gasteiger partial charge in [-0.2, -0.15) is 0 Å². The number of methoxy groups -OCH3 is 1. The van der Waals surface area contributed by atoms with Gasteiger partial charge in [-0.15, -0.1) is 16.9 Å². The number of benzene rings is 2. The molecule has 0 radical (unpaired) electrons. The molecule has 142 valence electrons. The highest BCUT2D eigenvalue weighted by Crippen LogP contribution is 2.33. The third-order valence-electron chi connectivity index (χ3n) is 3.95. The van der Waals surface area contributed by atoms with Gasteiger partial charge in [0, 0.05) is 22.5 Å². The number of nitrogens with one attached hydrogen (secondary N) is 1. The summed E-state index contributed by atoms with van der Waals surface area (Å²) in [5.74, 6) is 1.68. The Labute approximate surface area is 165 Å². The maximum Gasteiger partial charge on any atom is 0.322 e. The molecule has 0 spiro atoms. The van der Waals surface area contributed by atoms with E-state index in [1.807, 2.05) is 48.5 Å². The SMILES string of the molecule is COc1cccc2cc(-c3nnc(NC(=O)CCSc4ccccc4)o3)oc12. The molecule has 0 saturated heterocycles. The summed E-state index contributed by atoms with van der Waals surface area (Å²) in [4.78, 5) is 13.2. The van der Waals surface area contributed by atoms with Crippen molar-refractivity contribution in [1.29, 1.82) is 0 Å². The fourth-order valence-corrected chi connectivity index (χ4v) is 3.51. The largest absolute Gasteiger partial charge is 0.493 e. The fourth-order valence-electron chi connectivity index (χ4n) is 2.64. The second kappa shape index (κ2) is 8.18. The van der Waals surface area contributed by atoms with Crippen LogP contribution in [0.1, 0.15) is 6.42 Å². The first-order valence-corrected chi connectivity index (χ1v) is 9.59. The van der Waals surface area contributed by atoms with E-state index in [2.05, 4.69) is 15.5 Å². The van der Waals surface area contributed by atoms with E-state index in [0.717, 1.165) is 10.3 Å². The van der Waals surface area contributed by atoms with E-state index >= 15 is 0 Å². The zero-order valence-electron chi connectivity index (χ0n) is 15.0. The van der Waals surface area contributed by atoms with Crippen LogP contribution in [0, 0.1) is 0 Å². The summed E-state index contributed by atoms with van der Waals surface area (Å²) in [6, 6.07) is 17.3. The van der Waals surface area contributed by atoms with Crippen LogP contribution in [0.25, 0.3) is 22.6 Å². The number of nitrogens with zero attached hydrogens (tertiary/aromatic N) is 2. The van der Waals surface area contributed by atoms with Crippen molar-refractivity contribution >= 4 is 34.7 Å². The van der Waals surface area contributed by atoms with Crippen LogP contribution in [0.15, 0.2) is 68.3 Å². The first-order valence-electron chi connectivity index (χ1n) is 8.61. The van der Waals surface area contributed by atoms with E-state index in [9.17, 15) is 4.79 Å². The van der Waals surface area contributed by atoms with Crippen LogP contribution in [0.4, 0.5) is 6.01 Å². The van der Waals surface area contributed by atoms with Gasteiger partial charge in [0.05, 0.1) is 7.11 Å². The van der Waals surface area contributed by atoms with Crippen LogP contribution < -0.4 is 10.1 Å². The Hall–Kier alpha value is -3.26. The molecule has 4 aromatic rings. The number of carbonyl (C=O) groups is 1. The Kier molecular flexibility index (Phi) is 5.29. The number of ether oxygens (including phenoxy) is 1. The predicted molar refractivity (Wildman–Crippen MR) is 106 cm³/mol. The van der Waals surface area contributed by atoms with Crippen LogP contribution in [0.5, 0.6) is 5.75 Å². The van der Waals surface area contributed by atoms with Crippen molar-refractivity contribution in [3.63, 3.8) is 0 Å². The molecule has 0 saturated carbocycles. The number of rotatable bonds is 7. The van der Waals surface area contributed by atoms with Gasteiger partial charge >= 0.3 is 6.01 Å². The lowest BCUT2D eigenvalue weighted by Gasteiger charge is -2.01. The Balaban J connectivity index is 1.38. The van der Waals surface area contributed by atoms with Crippen LogP contribution in [-0.2, 0) is 4.79 Å². The zero-order valence-corrected chi connectivity index (χ0v) is 15.9. The van der Waals surface area contributed by atoms with Crippen LogP contribution in [0.2, 0.25) is 0 Å². The van der Waals surface area contributed by atoms with Crippen molar-refractivity contribution in [3.8, 4) is 17.4 Å². The highest BCUT2D eigenvalue weighted by Gasteiger charge is 2.16. The van der Waals surface area contributed by atoms with Crippen molar-refractivity contribution in [2.45, 2.75) is 11.3 Å². The second-order valence-electron chi connectivity index (χ2n) is 5.86. The first-order chi connectivity index (χ1) is 13.7. The zero-order chi connectivity index (χ0) is 19.3. The van der Waals surface area contributed by atoms with Gasteiger partial charge in [-0.3, -0.25) is 10.1 Å². The third kappa shape index (κ3) is 4.01. The minimum absolute atomic E-state index is 0.0390. The van der Waals surface area contributed by atoms with Gasteiger partial charge in [-0.1, -0.05) is 35.4 Å². The lowest BCUT2D eigenvalue weighted by atomic mass is 10.2. The maximum absolute atomic E-state index is 12.1. The van der Waals surface area contributed by atoms with E-state index in [4.69, 9.17) is 13.6 Å². The van der Waals surface area contributed by atoms with E-state index < -0.39 is 0 Å². The van der Waals surface area contributed by atoms with Gasteiger partial charge in [0.2, 0.25) is 5.91 Å². The number of hydrogen-bond donors (Lipinski definition) is 1. The topological polar surface area (TPSA) is 90.4 Å². The molecule has 0 aliphatic rings. The average molecular weight is 395 g/mol. The highest BCUT2D eigenvalue weighted by molar-refractivity contribution is 7.99. The van der Waals surface area contributed by atoms with Crippen molar-refractivity contribution in [1.82, 2.24) is 10.2 Å². The molecule has 1 amide bonds. The summed E-state index contributed by atoms with van der Waals surface area (Å²) < 4.78 is 16.6. The fraction of sp³-hybridized carbons (Fsp3) is 0.150. The molecular weight excluding hydrogens is 378 g/mol. The van der Waals surface area contributed by atoms with Gasteiger partial charge in [0.15, 0.2) is 17.1 Å². The van der Waals surface area contributed by atoms with Crippen molar-refractivity contribution in [2.24, 2.45) is 0 Å². The number of carbonyl (C=O) groups excluding carboxylic acids is 1. The number of furan rings is 1. The summed E-state index contributed by atoms with van der Waals surface area (Å²) in [6.07, 6.45) is 0.332. The van der Waals surface area contributed by atoms with Gasteiger partial charge in [0.1, 0.15) is 0 Å². The van der Waals surface area contributed by atoms with E-state index in [-0.39, 0.29) is 17.8 Å². The third-order valence-corrected chi connectivity index (χ3v) is 4.96. The lowest BCUT2D eigenvalue weighted by molar-refractivity contribution is -0.115. The smallest absolute Gasteiger partial charge is 0.322 e. The van der Waals surface area contributed by atoms with Gasteiger partial charge < -0.3 is 13.6 Å². The predicted octanol–water partition coefficient (Wildman–Crippen LogP) is 4.61. The molecule has 2 aromatic carbocycles. The van der Waals surface area contributed by atoms with Crippen LogP contribution in [-0.4, -0.2) is 29.0 Å². The second-order valence-corrected chi connectivity index (χ2v) is 7.03. The maximum atomic E-state index is 12.1. The van der Waals surface area contributed by atoms with Gasteiger partial charge in [-0.05, 0) is 24.3 Å². The molecule has 8 heteroatoms. The number of anilines is 1. The minimum atomic E-state index is -0.190. The number of amides is 1. The first kappa shape index (κ1) is 18.1. The van der Waals surface area contributed by atoms with E-state index in [1.54, 1.807) is 24.9 Å². The molecule has 0 unspecified atom stereocenters.